The molecule has 0 aliphatic carbocycles. The van der Waals surface area contributed by atoms with Crippen molar-refractivity contribution in [1.82, 2.24) is 5.32 Å². The molecule has 0 atom stereocenters. The summed E-state index contributed by atoms with van der Waals surface area (Å²) in [6.07, 6.45) is 1.71. The number of methoxy groups -OCH3 is 1. The Hall–Kier alpha value is -1.39. The molecule has 0 spiro atoms. The highest BCUT2D eigenvalue weighted by Gasteiger charge is 2.00. The van der Waals surface area contributed by atoms with Gasteiger partial charge in [-0.1, -0.05) is 24.9 Å². The van der Waals surface area contributed by atoms with Crippen LogP contribution in [0.3, 0.4) is 0 Å². The van der Waals surface area contributed by atoms with Gasteiger partial charge in [-0.05, 0) is 24.3 Å². The lowest BCUT2D eigenvalue weighted by Gasteiger charge is -2.08. The van der Waals surface area contributed by atoms with Crippen molar-refractivity contribution < 1.29 is 9.47 Å². The molecular weight excluding hydrogens is 234 g/mol. The van der Waals surface area contributed by atoms with Crippen molar-refractivity contribution in [1.29, 1.82) is 0 Å². The molecule has 3 nitrogen and oxygen atoms in total. The third kappa shape index (κ3) is 4.97. The summed E-state index contributed by atoms with van der Waals surface area (Å²) < 4.78 is 10.3. The van der Waals surface area contributed by atoms with E-state index < -0.39 is 0 Å². The monoisotopic (exact) mass is 251 g/mol. The van der Waals surface area contributed by atoms with Crippen LogP contribution in [0.15, 0.2) is 36.9 Å². The fourth-order valence-electron chi connectivity index (χ4n) is 1.23. The van der Waals surface area contributed by atoms with Crippen LogP contribution >= 0.6 is 12.2 Å². The van der Waals surface area contributed by atoms with Crippen molar-refractivity contribution in [2.75, 3.05) is 26.9 Å². The zero-order valence-electron chi connectivity index (χ0n) is 9.94. The molecule has 1 rings (SSSR count). The first-order valence-electron chi connectivity index (χ1n) is 5.39. The van der Waals surface area contributed by atoms with Crippen LogP contribution in [0, 0.1) is 0 Å². The molecule has 0 aliphatic rings. The highest BCUT2D eigenvalue weighted by Crippen LogP contribution is 2.12. The standard InChI is InChI=1S/C13H17NO2S/c1-3-9-16-12-6-4-11(5-7-12)13(17)14-8-10-15-2/h3-7H,1,8-10H2,2H3,(H,14,17). The van der Waals surface area contributed by atoms with Gasteiger partial charge in [-0.2, -0.15) is 0 Å². The van der Waals surface area contributed by atoms with Crippen LogP contribution in [-0.4, -0.2) is 31.9 Å². The van der Waals surface area contributed by atoms with Crippen LogP contribution in [-0.2, 0) is 4.74 Å². The molecule has 0 bridgehead atoms. The van der Waals surface area contributed by atoms with Gasteiger partial charge < -0.3 is 14.8 Å². The molecule has 0 amide bonds. The smallest absolute Gasteiger partial charge is 0.119 e. The summed E-state index contributed by atoms with van der Waals surface area (Å²) in [5, 5.41) is 3.11. The maximum atomic E-state index is 5.39. The Kier molecular flexibility index (Phi) is 6.29. The Labute approximate surface area is 107 Å². The van der Waals surface area contributed by atoms with Crippen LogP contribution < -0.4 is 10.1 Å². The number of nitrogens with one attached hydrogen (secondary N) is 1. The number of benzene rings is 1. The van der Waals surface area contributed by atoms with Crippen LogP contribution in [0.4, 0.5) is 0 Å². The molecule has 0 saturated carbocycles. The topological polar surface area (TPSA) is 30.5 Å². The normalized spacial score (nSPS) is 9.71. The highest BCUT2D eigenvalue weighted by molar-refractivity contribution is 7.80. The van der Waals surface area contributed by atoms with Gasteiger partial charge in [0.25, 0.3) is 0 Å². The minimum absolute atomic E-state index is 0.510. The van der Waals surface area contributed by atoms with Crippen molar-refractivity contribution in [3.05, 3.63) is 42.5 Å². The van der Waals surface area contributed by atoms with Gasteiger partial charge >= 0.3 is 0 Å². The van der Waals surface area contributed by atoms with Gasteiger partial charge in [-0.25, -0.2) is 0 Å². The third-order valence-electron chi connectivity index (χ3n) is 2.08. The summed E-state index contributed by atoms with van der Waals surface area (Å²) >= 11 is 5.24. The molecule has 0 aromatic heterocycles. The molecule has 0 fully saturated rings. The van der Waals surface area contributed by atoms with Gasteiger partial charge in [0.15, 0.2) is 0 Å². The van der Waals surface area contributed by atoms with E-state index >= 15 is 0 Å². The summed E-state index contributed by atoms with van der Waals surface area (Å²) in [5.41, 5.74) is 0.974. The molecule has 1 N–H and O–H groups in total. The van der Waals surface area contributed by atoms with E-state index in [2.05, 4.69) is 11.9 Å². The summed E-state index contributed by atoms with van der Waals surface area (Å²) in [6.45, 7) is 5.46. The van der Waals surface area contributed by atoms with E-state index in [-0.39, 0.29) is 0 Å². The minimum atomic E-state index is 0.510. The van der Waals surface area contributed by atoms with Gasteiger partial charge in [0.2, 0.25) is 0 Å². The van der Waals surface area contributed by atoms with Crippen molar-refractivity contribution in [3.8, 4) is 5.75 Å². The second kappa shape index (κ2) is 7.81. The van der Waals surface area contributed by atoms with Crippen molar-refractivity contribution >= 4 is 17.2 Å². The van der Waals surface area contributed by atoms with Gasteiger partial charge in [-0.15, -0.1) is 0 Å². The molecule has 1 aromatic rings. The first-order chi connectivity index (χ1) is 8.27. The average molecular weight is 251 g/mol. The van der Waals surface area contributed by atoms with E-state index in [4.69, 9.17) is 21.7 Å². The van der Waals surface area contributed by atoms with Gasteiger partial charge in [0.05, 0.1) is 6.61 Å². The van der Waals surface area contributed by atoms with Crippen molar-refractivity contribution in [2.45, 2.75) is 0 Å². The maximum Gasteiger partial charge on any atom is 0.119 e. The first kappa shape index (κ1) is 13.7. The van der Waals surface area contributed by atoms with Gasteiger partial charge in [-0.3, -0.25) is 0 Å². The first-order valence-corrected chi connectivity index (χ1v) is 5.79. The number of rotatable bonds is 7. The highest BCUT2D eigenvalue weighted by atomic mass is 32.1. The Morgan fingerprint density at radius 2 is 2.12 bits per heavy atom. The zero-order valence-corrected chi connectivity index (χ0v) is 10.8. The van der Waals surface area contributed by atoms with E-state index in [1.807, 2.05) is 24.3 Å². The molecule has 0 unspecified atom stereocenters. The van der Waals surface area contributed by atoms with Crippen LogP contribution in [0.25, 0.3) is 0 Å². The summed E-state index contributed by atoms with van der Waals surface area (Å²) in [7, 11) is 1.66. The quantitative estimate of drug-likeness (QED) is 0.457. The second-order valence-corrected chi connectivity index (χ2v) is 3.78. The fraction of sp³-hybridized carbons (Fsp3) is 0.308. The number of thiocarbonyl (C=S) groups is 1. The Morgan fingerprint density at radius 1 is 1.41 bits per heavy atom. The third-order valence-corrected chi connectivity index (χ3v) is 2.46. The van der Waals surface area contributed by atoms with E-state index in [1.54, 1.807) is 13.2 Å². The zero-order chi connectivity index (χ0) is 12.5. The molecule has 0 aliphatic heterocycles. The molecule has 0 radical (unpaired) electrons. The van der Waals surface area contributed by atoms with E-state index in [0.29, 0.717) is 19.8 Å². The number of hydrogen-bond acceptors (Lipinski definition) is 3. The maximum absolute atomic E-state index is 5.39. The van der Waals surface area contributed by atoms with Crippen LogP contribution in [0.1, 0.15) is 5.56 Å². The Bertz CT molecular complexity index is 362. The van der Waals surface area contributed by atoms with E-state index in [9.17, 15) is 0 Å². The lowest BCUT2D eigenvalue weighted by atomic mass is 10.2. The molecule has 1 aromatic carbocycles. The summed E-state index contributed by atoms with van der Waals surface area (Å²) in [4.78, 5) is 0.720. The van der Waals surface area contributed by atoms with E-state index in [1.165, 1.54) is 0 Å². The van der Waals surface area contributed by atoms with Crippen LogP contribution in [0.5, 0.6) is 5.75 Å². The molecule has 92 valence electrons. The molecule has 17 heavy (non-hydrogen) atoms. The number of hydrogen-bond donors (Lipinski definition) is 1. The Morgan fingerprint density at radius 3 is 2.71 bits per heavy atom. The summed E-state index contributed by atoms with van der Waals surface area (Å²) in [5.74, 6) is 0.813. The van der Waals surface area contributed by atoms with Gasteiger partial charge in [0, 0.05) is 19.2 Å². The lowest BCUT2D eigenvalue weighted by Crippen LogP contribution is -2.25. The number of ether oxygens (including phenoxy) is 2. The fourth-order valence-corrected chi connectivity index (χ4v) is 1.46. The SMILES string of the molecule is C=CCOc1ccc(C(=S)NCCOC)cc1. The Balaban J connectivity index is 2.48. The van der Waals surface area contributed by atoms with Crippen molar-refractivity contribution in [2.24, 2.45) is 0 Å². The molecule has 0 saturated heterocycles. The van der Waals surface area contributed by atoms with E-state index in [0.717, 1.165) is 16.3 Å². The molecule has 0 heterocycles. The van der Waals surface area contributed by atoms with Crippen LogP contribution in [0.2, 0.25) is 0 Å². The predicted octanol–water partition coefficient (Wildman–Crippen LogP) is 2.16. The average Bonchev–Trinajstić information content (AvgIpc) is 2.37. The predicted molar refractivity (Wildman–Crippen MR) is 73.7 cm³/mol. The lowest BCUT2D eigenvalue weighted by molar-refractivity contribution is 0.204. The van der Waals surface area contributed by atoms with Crippen molar-refractivity contribution in [3.63, 3.8) is 0 Å². The van der Waals surface area contributed by atoms with Gasteiger partial charge in [0.1, 0.15) is 17.3 Å². The summed E-state index contributed by atoms with van der Waals surface area (Å²) in [6, 6.07) is 7.65. The molecular formula is C13H17NO2S. The molecule has 4 heteroatoms. The largest absolute Gasteiger partial charge is 0.490 e. The minimum Gasteiger partial charge on any atom is -0.490 e. The second-order valence-electron chi connectivity index (χ2n) is 3.37.